The molecular formula is C14H18N4O3. The fourth-order valence-electron chi connectivity index (χ4n) is 1.60. The SMILES string of the molecule is CCOC(=O)CNC(=O)N(CC#N)Cc1ccc(N)cc1. The van der Waals surface area contributed by atoms with Gasteiger partial charge >= 0.3 is 12.0 Å². The number of rotatable bonds is 6. The van der Waals surface area contributed by atoms with E-state index < -0.39 is 12.0 Å². The molecule has 0 heterocycles. The smallest absolute Gasteiger partial charge is 0.325 e. The first-order valence-corrected chi connectivity index (χ1v) is 6.46. The molecule has 0 atom stereocenters. The first kappa shape index (κ1) is 16.3. The van der Waals surface area contributed by atoms with Crippen LogP contribution in [0.2, 0.25) is 0 Å². The molecule has 0 unspecified atom stereocenters. The molecule has 3 N–H and O–H groups in total. The highest BCUT2D eigenvalue weighted by molar-refractivity contribution is 5.81. The average Bonchev–Trinajstić information content (AvgIpc) is 2.47. The number of nitriles is 1. The second-order valence-corrected chi connectivity index (χ2v) is 4.22. The summed E-state index contributed by atoms with van der Waals surface area (Å²) in [7, 11) is 0. The molecule has 2 amide bonds. The number of ether oxygens (including phenoxy) is 1. The fourth-order valence-corrected chi connectivity index (χ4v) is 1.60. The molecule has 0 aliphatic rings. The van der Waals surface area contributed by atoms with Crippen LogP contribution in [0.5, 0.6) is 0 Å². The summed E-state index contributed by atoms with van der Waals surface area (Å²) in [5.74, 6) is -0.518. The normalized spacial score (nSPS) is 9.52. The molecule has 0 aromatic heterocycles. The molecule has 0 spiro atoms. The van der Waals surface area contributed by atoms with E-state index in [-0.39, 0.29) is 26.2 Å². The van der Waals surface area contributed by atoms with Crippen LogP contribution >= 0.6 is 0 Å². The predicted octanol–water partition coefficient (Wildman–Crippen LogP) is 0.867. The number of nitrogens with two attached hydrogens (primary N) is 1. The molecule has 7 nitrogen and oxygen atoms in total. The summed E-state index contributed by atoms with van der Waals surface area (Å²) in [6.45, 7) is 1.88. The predicted molar refractivity (Wildman–Crippen MR) is 76.9 cm³/mol. The van der Waals surface area contributed by atoms with Gasteiger partial charge in [0, 0.05) is 12.2 Å². The zero-order valence-electron chi connectivity index (χ0n) is 11.8. The van der Waals surface area contributed by atoms with Crippen molar-refractivity contribution in [2.45, 2.75) is 13.5 Å². The highest BCUT2D eigenvalue weighted by atomic mass is 16.5. The van der Waals surface area contributed by atoms with Gasteiger partial charge in [-0.15, -0.1) is 0 Å². The average molecular weight is 290 g/mol. The van der Waals surface area contributed by atoms with Crippen LogP contribution in [0.4, 0.5) is 10.5 Å². The highest BCUT2D eigenvalue weighted by Gasteiger charge is 2.14. The summed E-state index contributed by atoms with van der Waals surface area (Å²) in [5.41, 5.74) is 7.05. The fraction of sp³-hybridized carbons (Fsp3) is 0.357. The van der Waals surface area contributed by atoms with E-state index in [4.69, 9.17) is 15.7 Å². The van der Waals surface area contributed by atoms with Gasteiger partial charge in [-0.05, 0) is 24.6 Å². The van der Waals surface area contributed by atoms with Crippen LogP contribution in [0.15, 0.2) is 24.3 Å². The van der Waals surface area contributed by atoms with Crippen LogP contribution in [0.3, 0.4) is 0 Å². The lowest BCUT2D eigenvalue weighted by atomic mass is 10.2. The quantitative estimate of drug-likeness (QED) is 0.459. The number of hydrogen-bond donors (Lipinski definition) is 2. The number of hydrogen-bond acceptors (Lipinski definition) is 5. The van der Waals surface area contributed by atoms with Gasteiger partial charge < -0.3 is 20.7 Å². The van der Waals surface area contributed by atoms with Crippen molar-refractivity contribution in [1.82, 2.24) is 10.2 Å². The van der Waals surface area contributed by atoms with Crippen molar-refractivity contribution in [1.29, 1.82) is 5.26 Å². The summed E-state index contributed by atoms with van der Waals surface area (Å²) in [4.78, 5) is 24.4. The summed E-state index contributed by atoms with van der Waals surface area (Å²) in [5, 5.41) is 11.2. The first-order chi connectivity index (χ1) is 10.1. The molecule has 0 saturated heterocycles. The Morgan fingerprint density at radius 3 is 2.62 bits per heavy atom. The summed E-state index contributed by atoms with van der Waals surface area (Å²) >= 11 is 0. The van der Waals surface area contributed by atoms with Gasteiger partial charge in [0.1, 0.15) is 13.1 Å². The van der Waals surface area contributed by atoms with E-state index in [1.54, 1.807) is 31.2 Å². The van der Waals surface area contributed by atoms with Gasteiger partial charge in [-0.2, -0.15) is 5.26 Å². The Kier molecular flexibility index (Phi) is 6.54. The van der Waals surface area contributed by atoms with Gasteiger partial charge in [-0.25, -0.2) is 4.79 Å². The Balaban J connectivity index is 2.59. The number of urea groups is 1. The van der Waals surface area contributed by atoms with Crippen LogP contribution in [0.25, 0.3) is 0 Å². The molecule has 1 aromatic rings. The lowest BCUT2D eigenvalue weighted by Gasteiger charge is -2.20. The molecule has 0 fully saturated rings. The number of nitrogens with one attached hydrogen (secondary N) is 1. The van der Waals surface area contributed by atoms with Gasteiger partial charge in [0.15, 0.2) is 0 Å². The van der Waals surface area contributed by atoms with Crippen molar-refractivity contribution in [3.8, 4) is 6.07 Å². The maximum atomic E-state index is 11.9. The number of esters is 1. The molecule has 1 aromatic carbocycles. The van der Waals surface area contributed by atoms with E-state index in [1.165, 1.54) is 4.90 Å². The first-order valence-electron chi connectivity index (χ1n) is 6.46. The molecule has 0 aliphatic carbocycles. The number of carbonyl (C=O) groups excluding carboxylic acids is 2. The van der Waals surface area contributed by atoms with Crippen molar-refractivity contribution >= 4 is 17.7 Å². The van der Waals surface area contributed by atoms with Crippen molar-refractivity contribution in [2.24, 2.45) is 0 Å². The van der Waals surface area contributed by atoms with Crippen LogP contribution in [-0.2, 0) is 16.1 Å². The number of amides is 2. The lowest BCUT2D eigenvalue weighted by Crippen LogP contribution is -2.42. The molecule has 7 heteroatoms. The number of nitrogens with zero attached hydrogens (tertiary/aromatic N) is 2. The minimum atomic E-state index is -0.518. The van der Waals surface area contributed by atoms with Crippen molar-refractivity contribution < 1.29 is 14.3 Å². The molecule has 112 valence electrons. The number of anilines is 1. The second-order valence-electron chi connectivity index (χ2n) is 4.22. The Bertz CT molecular complexity index is 522. The van der Waals surface area contributed by atoms with Crippen LogP contribution in [0.1, 0.15) is 12.5 Å². The van der Waals surface area contributed by atoms with Crippen molar-refractivity contribution in [3.05, 3.63) is 29.8 Å². The topological polar surface area (TPSA) is 108 Å². The Hall–Kier alpha value is -2.75. The van der Waals surface area contributed by atoms with Gasteiger partial charge in [0.25, 0.3) is 0 Å². The van der Waals surface area contributed by atoms with E-state index in [2.05, 4.69) is 5.32 Å². The molecule has 0 aliphatic heterocycles. The van der Waals surface area contributed by atoms with Crippen LogP contribution in [0, 0.1) is 11.3 Å². The highest BCUT2D eigenvalue weighted by Crippen LogP contribution is 2.08. The maximum absolute atomic E-state index is 11.9. The largest absolute Gasteiger partial charge is 0.465 e. The summed E-state index contributed by atoms with van der Waals surface area (Å²) in [6.07, 6.45) is 0. The molecule has 0 bridgehead atoms. The Morgan fingerprint density at radius 2 is 2.05 bits per heavy atom. The molecular weight excluding hydrogens is 272 g/mol. The van der Waals surface area contributed by atoms with E-state index in [0.29, 0.717) is 5.69 Å². The summed E-state index contributed by atoms with van der Waals surface area (Å²) in [6, 6.07) is 8.41. The maximum Gasteiger partial charge on any atom is 0.325 e. The van der Waals surface area contributed by atoms with Gasteiger partial charge in [0.05, 0.1) is 12.7 Å². The van der Waals surface area contributed by atoms with E-state index in [9.17, 15) is 9.59 Å². The third-order valence-electron chi connectivity index (χ3n) is 2.59. The molecule has 1 rings (SSSR count). The number of carbonyl (C=O) groups is 2. The van der Waals surface area contributed by atoms with E-state index in [1.807, 2.05) is 6.07 Å². The number of nitrogen functional groups attached to an aromatic ring is 1. The lowest BCUT2D eigenvalue weighted by molar-refractivity contribution is -0.141. The van der Waals surface area contributed by atoms with Gasteiger partial charge in [-0.1, -0.05) is 12.1 Å². The third kappa shape index (κ3) is 5.82. The zero-order valence-corrected chi connectivity index (χ0v) is 11.8. The van der Waals surface area contributed by atoms with Crippen LogP contribution in [-0.4, -0.2) is 36.6 Å². The van der Waals surface area contributed by atoms with E-state index >= 15 is 0 Å². The van der Waals surface area contributed by atoms with Crippen molar-refractivity contribution in [3.63, 3.8) is 0 Å². The third-order valence-corrected chi connectivity index (χ3v) is 2.59. The second kappa shape index (κ2) is 8.43. The molecule has 0 saturated carbocycles. The summed E-state index contributed by atoms with van der Waals surface area (Å²) < 4.78 is 4.71. The minimum absolute atomic E-state index is 0.0843. The van der Waals surface area contributed by atoms with Crippen molar-refractivity contribution in [2.75, 3.05) is 25.4 Å². The van der Waals surface area contributed by atoms with E-state index in [0.717, 1.165) is 5.56 Å². The van der Waals surface area contributed by atoms with Crippen LogP contribution < -0.4 is 11.1 Å². The Labute approximate surface area is 123 Å². The zero-order chi connectivity index (χ0) is 15.7. The molecule has 21 heavy (non-hydrogen) atoms. The number of benzene rings is 1. The van der Waals surface area contributed by atoms with Gasteiger partial charge in [-0.3, -0.25) is 4.79 Å². The molecule has 0 radical (unpaired) electrons. The minimum Gasteiger partial charge on any atom is -0.465 e. The van der Waals surface area contributed by atoms with Gasteiger partial charge in [0.2, 0.25) is 0 Å². The Morgan fingerprint density at radius 1 is 1.38 bits per heavy atom. The monoisotopic (exact) mass is 290 g/mol. The standard InChI is InChI=1S/C14H18N4O3/c1-2-21-13(19)9-17-14(20)18(8-7-15)10-11-3-5-12(16)6-4-11/h3-6H,2,8-10,16H2,1H3,(H,17,20).